The number of pyridine rings is 1. The van der Waals surface area contributed by atoms with Crippen LogP contribution in [0, 0.1) is 13.8 Å². The highest BCUT2D eigenvalue weighted by Crippen LogP contribution is 2.31. The van der Waals surface area contributed by atoms with Crippen molar-refractivity contribution in [1.29, 1.82) is 0 Å². The summed E-state index contributed by atoms with van der Waals surface area (Å²) in [6.07, 6.45) is 0. The van der Waals surface area contributed by atoms with E-state index in [1.807, 2.05) is 32.0 Å². The summed E-state index contributed by atoms with van der Waals surface area (Å²) in [5.74, 6) is 1.83. The molecule has 0 bridgehead atoms. The molecule has 1 aromatic heterocycles. The number of ether oxygens (including phenoxy) is 2. The minimum atomic E-state index is 0.504. The van der Waals surface area contributed by atoms with Crippen molar-refractivity contribution in [2.75, 3.05) is 12.8 Å². The predicted octanol–water partition coefficient (Wildman–Crippen LogP) is 3.08. The number of nitrogens with zero attached hydrogens (tertiary/aromatic N) is 1. The molecule has 2 N–H and O–H groups in total. The fourth-order valence-corrected chi connectivity index (χ4v) is 1.58. The van der Waals surface area contributed by atoms with Crippen LogP contribution < -0.4 is 15.2 Å². The number of benzene rings is 1. The third-order valence-corrected chi connectivity index (χ3v) is 2.63. The maximum Gasteiger partial charge on any atom is 0.219 e. The topological polar surface area (TPSA) is 57.4 Å². The van der Waals surface area contributed by atoms with Gasteiger partial charge in [0.25, 0.3) is 0 Å². The van der Waals surface area contributed by atoms with Crippen LogP contribution in [0.1, 0.15) is 11.3 Å². The monoisotopic (exact) mass is 244 g/mol. The van der Waals surface area contributed by atoms with Gasteiger partial charge in [-0.25, -0.2) is 4.98 Å². The number of rotatable bonds is 3. The molecule has 0 aliphatic heterocycles. The second-order valence-corrected chi connectivity index (χ2v) is 4.08. The Balaban J connectivity index is 2.30. The summed E-state index contributed by atoms with van der Waals surface area (Å²) in [6, 6.07) is 9.25. The molecule has 4 nitrogen and oxygen atoms in total. The Morgan fingerprint density at radius 2 is 1.83 bits per heavy atom. The minimum Gasteiger partial charge on any atom is -0.493 e. The lowest BCUT2D eigenvalue weighted by Gasteiger charge is -2.11. The third-order valence-electron chi connectivity index (χ3n) is 2.63. The van der Waals surface area contributed by atoms with Crippen LogP contribution in [0.5, 0.6) is 17.4 Å². The molecule has 18 heavy (non-hydrogen) atoms. The maximum atomic E-state index is 5.72. The normalized spacial score (nSPS) is 10.2. The number of methoxy groups -OCH3 is 1. The molecule has 2 rings (SSSR count). The van der Waals surface area contributed by atoms with E-state index in [0.29, 0.717) is 23.1 Å². The summed E-state index contributed by atoms with van der Waals surface area (Å²) in [7, 11) is 1.61. The molecule has 0 aliphatic rings. The molecule has 0 atom stereocenters. The molecule has 0 amide bonds. The fourth-order valence-electron chi connectivity index (χ4n) is 1.58. The molecule has 1 heterocycles. The van der Waals surface area contributed by atoms with Crippen LogP contribution in [0.4, 0.5) is 5.69 Å². The van der Waals surface area contributed by atoms with Crippen LogP contribution in [0.25, 0.3) is 0 Å². The van der Waals surface area contributed by atoms with Crippen LogP contribution in [-0.4, -0.2) is 12.1 Å². The van der Waals surface area contributed by atoms with Gasteiger partial charge in [0.05, 0.1) is 18.5 Å². The van der Waals surface area contributed by atoms with Crippen molar-refractivity contribution in [3.05, 3.63) is 41.6 Å². The Bertz CT molecular complexity index is 568. The number of nitrogens with two attached hydrogens (primary N) is 1. The van der Waals surface area contributed by atoms with Gasteiger partial charge in [0.15, 0.2) is 11.5 Å². The molecule has 1 aromatic carbocycles. The Morgan fingerprint density at radius 1 is 1.06 bits per heavy atom. The van der Waals surface area contributed by atoms with Gasteiger partial charge < -0.3 is 15.2 Å². The lowest BCUT2D eigenvalue weighted by atomic mass is 10.2. The van der Waals surface area contributed by atoms with Crippen LogP contribution in [0.2, 0.25) is 0 Å². The molecular formula is C14H16N2O2. The van der Waals surface area contributed by atoms with E-state index in [1.54, 1.807) is 19.2 Å². The van der Waals surface area contributed by atoms with Crippen LogP contribution >= 0.6 is 0 Å². The first-order valence-corrected chi connectivity index (χ1v) is 5.66. The summed E-state index contributed by atoms with van der Waals surface area (Å²) < 4.78 is 11.0. The highest BCUT2D eigenvalue weighted by molar-refractivity contribution is 5.47. The predicted molar refractivity (Wildman–Crippen MR) is 71.2 cm³/mol. The summed E-state index contributed by atoms with van der Waals surface area (Å²) in [5.41, 5.74) is 8.23. The second kappa shape index (κ2) is 4.96. The summed E-state index contributed by atoms with van der Waals surface area (Å²) in [5, 5.41) is 0. The molecule has 4 heteroatoms. The molecule has 0 aliphatic carbocycles. The first kappa shape index (κ1) is 12.2. The van der Waals surface area contributed by atoms with Crippen LogP contribution in [0.15, 0.2) is 30.3 Å². The second-order valence-electron chi connectivity index (χ2n) is 4.08. The molecule has 0 unspecified atom stereocenters. The first-order valence-electron chi connectivity index (χ1n) is 5.66. The van der Waals surface area contributed by atoms with E-state index in [-0.39, 0.29) is 0 Å². The molecule has 0 spiro atoms. The summed E-state index contributed by atoms with van der Waals surface area (Å²) in [6.45, 7) is 3.84. The highest BCUT2D eigenvalue weighted by Gasteiger charge is 2.07. The Labute approximate surface area is 106 Å². The van der Waals surface area contributed by atoms with Crippen molar-refractivity contribution >= 4 is 5.69 Å². The molecule has 0 radical (unpaired) electrons. The summed E-state index contributed by atoms with van der Waals surface area (Å²) >= 11 is 0. The van der Waals surface area contributed by atoms with Crippen molar-refractivity contribution in [3.8, 4) is 17.4 Å². The van der Waals surface area contributed by atoms with Gasteiger partial charge in [-0.15, -0.1) is 0 Å². The van der Waals surface area contributed by atoms with Gasteiger partial charge in [0.2, 0.25) is 5.88 Å². The van der Waals surface area contributed by atoms with E-state index in [2.05, 4.69) is 4.98 Å². The van der Waals surface area contributed by atoms with E-state index < -0.39 is 0 Å². The van der Waals surface area contributed by atoms with Gasteiger partial charge >= 0.3 is 0 Å². The number of hydrogen-bond donors (Lipinski definition) is 1. The van der Waals surface area contributed by atoms with Crippen molar-refractivity contribution < 1.29 is 9.47 Å². The van der Waals surface area contributed by atoms with E-state index in [0.717, 1.165) is 11.3 Å². The van der Waals surface area contributed by atoms with Crippen molar-refractivity contribution in [3.63, 3.8) is 0 Å². The SMILES string of the molecule is COc1cc(C)ccc1Oc1ccc(N)c(C)n1. The molecular weight excluding hydrogens is 228 g/mol. The zero-order valence-electron chi connectivity index (χ0n) is 10.7. The highest BCUT2D eigenvalue weighted by atomic mass is 16.5. The number of hydrogen-bond acceptors (Lipinski definition) is 4. The van der Waals surface area contributed by atoms with E-state index >= 15 is 0 Å². The first-order chi connectivity index (χ1) is 8.60. The van der Waals surface area contributed by atoms with Gasteiger partial charge in [-0.1, -0.05) is 6.07 Å². The Hall–Kier alpha value is -2.23. The van der Waals surface area contributed by atoms with Crippen molar-refractivity contribution in [2.24, 2.45) is 0 Å². The maximum absolute atomic E-state index is 5.72. The smallest absolute Gasteiger partial charge is 0.219 e. The van der Waals surface area contributed by atoms with Gasteiger partial charge in [-0.2, -0.15) is 0 Å². The lowest BCUT2D eigenvalue weighted by Crippen LogP contribution is -1.96. The standard InChI is InChI=1S/C14H16N2O2/c1-9-4-6-12(13(8-9)17-3)18-14-7-5-11(15)10(2)16-14/h4-8H,15H2,1-3H3. The summed E-state index contributed by atoms with van der Waals surface area (Å²) in [4.78, 5) is 4.26. The largest absolute Gasteiger partial charge is 0.493 e. The van der Waals surface area contributed by atoms with Gasteiger partial charge in [-0.05, 0) is 37.6 Å². The molecule has 94 valence electrons. The van der Waals surface area contributed by atoms with Gasteiger partial charge in [0.1, 0.15) is 0 Å². The van der Waals surface area contributed by atoms with Crippen molar-refractivity contribution in [2.45, 2.75) is 13.8 Å². The number of anilines is 1. The van der Waals surface area contributed by atoms with Crippen LogP contribution in [-0.2, 0) is 0 Å². The van der Waals surface area contributed by atoms with Gasteiger partial charge in [0, 0.05) is 6.07 Å². The molecule has 0 fully saturated rings. The van der Waals surface area contributed by atoms with E-state index in [1.165, 1.54) is 0 Å². The molecule has 2 aromatic rings. The number of aromatic nitrogens is 1. The fraction of sp³-hybridized carbons (Fsp3) is 0.214. The van der Waals surface area contributed by atoms with Crippen LogP contribution in [0.3, 0.4) is 0 Å². The van der Waals surface area contributed by atoms with Gasteiger partial charge in [-0.3, -0.25) is 0 Å². The Kier molecular flexibility index (Phi) is 3.37. The third kappa shape index (κ3) is 2.53. The zero-order valence-corrected chi connectivity index (χ0v) is 10.7. The number of aryl methyl sites for hydroxylation is 2. The van der Waals surface area contributed by atoms with E-state index in [9.17, 15) is 0 Å². The lowest BCUT2D eigenvalue weighted by molar-refractivity contribution is 0.373. The van der Waals surface area contributed by atoms with E-state index in [4.69, 9.17) is 15.2 Å². The molecule has 0 saturated heterocycles. The minimum absolute atomic E-state index is 0.504. The average molecular weight is 244 g/mol. The Morgan fingerprint density at radius 3 is 2.50 bits per heavy atom. The van der Waals surface area contributed by atoms with Crippen molar-refractivity contribution in [1.82, 2.24) is 4.98 Å². The quantitative estimate of drug-likeness (QED) is 0.901. The molecule has 0 saturated carbocycles. The average Bonchev–Trinajstić information content (AvgIpc) is 2.36. The zero-order chi connectivity index (χ0) is 13.1. The number of nitrogen functional groups attached to an aromatic ring is 1.